The molecule has 3 N–H and O–H groups in total. The van der Waals surface area contributed by atoms with Gasteiger partial charge in [0.1, 0.15) is 0 Å². The molecule has 11 heteroatoms. The minimum absolute atomic E-state index is 0.137. The van der Waals surface area contributed by atoms with Crippen LogP contribution in [0.3, 0.4) is 0 Å². The van der Waals surface area contributed by atoms with Crippen LogP contribution in [0, 0.1) is 0 Å². The second-order valence-electron chi connectivity index (χ2n) is 6.00. The summed E-state index contributed by atoms with van der Waals surface area (Å²) < 4.78 is 74.9. The van der Waals surface area contributed by atoms with Gasteiger partial charge in [-0.25, -0.2) is 5.43 Å². The molecule has 0 spiro atoms. The normalized spacial score (nSPS) is 13.3. The van der Waals surface area contributed by atoms with E-state index < -0.39 is 23.5 Å². The average Bonchev–Trinajstić information content (AvgIpc) is 2.68. The van der Waals surface area contributed by atoms with Crippen LogP contribution < -0.4 is 11.2 Å². The highest BCUT2D eigenvalue weighted by Crippen LogP contribution is 2.29. The zero-order valence-corrected chi connectivity index (χ0v) is 15.4. The Labute approximate surface area is 168 Å². The summed E-state index contributed by atoms with van der Waals surface area (Å²) in [4.78, 5) is 0. The number of nitrogens with two attached hydrogens (primary N) is 1. The standard InChI is InChI=1S/C19H17F6N5/c20-18(21,22)15-5-1-13(2-6-15)9-11-27-29-17(26)30-28-12-10-14-3-7-16(8-4-14)19(23,24)25/h1-8,11-12H,9-10H2,(H3,26,29,30)/b27-11+,28-12+. The van der Waals surface area contributed by atoms with E-state index in [0.29, 0.717) is 11.1 Å². The van der Waals surface area contributed by atoms with Gasteiger partial charge in [-0.1, -0.05) is 24.3 Å². The van der Waals surface area contributed by atoms with Crippen LogP contribution in [0.1, 0.15) is 22.3 Å². The highest BCUT2D eigenvalue weighted by atomic mass is 19.4. The van der Waals surface area contributed by atoms with Crippen LogP contribution in [-0.4, -0.2) is 18.4 Å². The second kappa shape index (κ2) is 9.90. The van der Waals surface area contributed by atoms with Crippen LogP contribution in [0.15, 0.2) is 63.8 Å². The van der Waals surface area contributed by atoms with E-state index in [2.05, 4.69) is 20.7 Å². The zero-order chi connectivity index (χ0) is 22.2. The van der Waals surface area contributed by atoms with Crippen molar-refractivity contribution < 1.29 is 26.3 Å². The lowest BCUT2D eigenvalue weighted by atomic mass is 10.1. The number of hydrazone groups is 1. The van der Waals surface area contributed by atoms with E-state index in [1.165, 1.54) is 36.7 Å². The van der Waals surface area contributed by atoms with Gasteiger partial charge in [-0.05, 0) is 35.4 Å². The minimum atomic E-state index is -4.38. The number of benzene rings is 2. The molecule has 0 aliphatic heterocycles. The van der Waals surface area contributed by atoms with Crippen molar-refractivity contribution in [1.29, 1.82) is 0 Å². The Morgan fingerprint density at radius 3 is 1.63 bits per heavy atom. The number of halogens is 6. The Morgan fingerprint density at radius 2 is 1.20 bits per heavy atom. The van der Waals surface area contributed by atoms with Crippen molar-refractivity contribution in [3.8, 4) is 0 Å². The maximum Gasteiger partial charge on any atom is 0.416 e. The predicted octanol–water partition coefficient (Wildman–Crippen LogP) is 4.39. The van der Waals surface area contributed by atoms with Crippen LogP contribution in [-0.2, 0) is 25.2 Å². The number of hydrogen-bond acceptors (Lipinski definition) is 3. The fourth-order valence-electron chi connectivity index (χ4n) is 2.19. The van der Waals surface area contributed by atoms with Gasteiger partial charge < -0.3 is 5.73 Å². The van der Waals surface area contributed by atoms with E-state index in [9.17, 15) is 26.3 Å². The lowest BCUT2D eigenvalue weighted by molar-refractivity contribution is -0.138. The molecular formula is C19H17F6N5. The molecule has 0 amide bonds. The largest absolute Gasteiger partial charge is 0.416 e. The summed E-state index contributed by atoms with van der Waals surface area (Å²) in [7, 11) is 0. The van der Waals surface area contributed by atoms with Crippen molar-refractivity contribution in [1.82, 2.24) is 5.43 Å². The third kappa shape index (κ3) is 7.57. The van der Waals surface area contributed by atoms with Crippen molar-refractivity contribution in [3.63, 3.8) is 0 Å². The third-order valence-electron chi connectivity index (χ3n) is 3.73. The maximum atomic E-state index is 12.5. The smallest absolute Gasteiger partial charge is 0.367 e. The molecule has 160 valence electrons. The van der Waals surface area contributed by atoms with Gasteiger partial charge in [0.05, 0.1) is 11.1 Å². The predicted molar refractivity (Wildman–Crippen MR) is 102 cm³/mol. The summed E-state index contributed by atoms with van der Waals surface area (Å²) in [5.41, 5.74) is 7.69. The van der Waals surface area contributed by atoms with Gasteiger partial charge in [0.15, 0.2) is 0 Å². The van der Waals surface area contributed by atoms with E-state index in [0.717, 1.165) is 24.3 Å². The van der Waals surface area contributed by atoms with Gasteiger partial charge in [-0.15, -0.1) is 5.10 Å². The summed E-state index contributed by atoms with van der Waals surface area (Å²) in [6.07, 6.45) is -5.47. The van der Waals surface area contributed by atoms with Gasteiger partial charge in [0, 0.05) is 25.3 Å². The molecule has 0 bridgehead atoms. The van der Waals surface area contributed by atoms with Gasteiger partial charge in [-0.3, -0.25) is 0 Å². The monoisotopic (exact) mass is 429 g/mol. The molecule has 0 aliphatic carbocycles. The molecule has 0 unspecified atom stereocenters. The van der Waals surface area contributed by atoms with Gasteiger partial charge in [0.25, 0.3) is 0 Å². The number of hydrogen-bond donors (Lipinski definition) is 2. The lowest BCUT2D eigenvalue weighted by Gasteiger charge is -2.06. The summed E-state index contributed by atoms with van der Waals surface area (Å²) in [5, 5.41) is 11.1. The molecule has 2 aromatic carbocycles. The molecule has 0 aromatic heterocycles. The third-order valence-corrected chi connectivity index (χ3v) is 3.73. The van der Waals surface area contributed by atoms with Crippen molar-refractivity contribution in [2.75, 3.05) is 0 Å². The molecule has 0 saturated carbocycles. The topological polar surface area (TPSA) is 75.1 Å². The first-order valence-electron chi connectivity index (χ1n) is 8.50. The van der Waals surface area contributed by atoms with Crippen LogP contribution >= 0.6 is 0 Å². The average molecular weight is 429 g/mol. The van der Waals surface area contributed by atoms with E-state index in [4.69, 9.17) is 5.73 Å². The molecule has 30 heavy (non-hydrogen) atoms. The molecular weight excluding hydrogens is 412 g/mol. The van der Waals surface area contributed by atoms with Crippen molar-refractivity contribution in [2.45, 2.75) is 25.2 Å². The highest BCUT2D eigenvalue weighted by molar-refractivity contribution is 5.79. The molecule has 5 nitrogen and oxygen atoms in total. The maximum absolute atomic E-state index is 12.5. The first-order valence-corrected chi connectivity index (χ1v) is 8.50. The van der Waals surface area contributed by atoms with Gasteiger partial charge in [0.2, 0.25) is 5.96 Å². The van der Waals surface area contributed by atoms with Crippen LogP contribution in [0.25, 0.3) is 0 Å². The number of guanidine groups is 1. The van der Waals surface area contributed by atoms with Gasteiger partial charge >= 0.3 is 12.4 Å². The Hall–Kier alpha value is -3.37. The quantitative estimate of drug-likeness (QED) is 0.309. The first-order chi connectivity index (χ1) is 14.1. The summed E-state index contributed by atoms with van der Waals surface area (Å²) in [6, 6.07) is 9.30. The fraction of sp³-hybridized carbons (Fsp3) is 0.211. The Balaban J connectivity index is 1.77. The summed E-state index contributed by atoms with van der Waals surface area (Å²) >= 11 is 0. The number of rotatable bonds is 6. The highest BCUT2D eigenvalue weighted by Gasteiger charge is 2.30. The molecule has 0 aliphatic rings. The van der Waals surface area contributed by atoms with Crippen LogP contribution in [0.5, 0.6) is 0 Å². The molecule has 0 heterocycles. The van der Waals surface area contributed by atoms with Crippen molar-refractivity contribution in [2.24, 2.45) is 21.0 Å². The number of alkyl halides is 6. The molecule has 0 saturated heterocycles. The Kier molecular flexibility index (Phi) is 7.56. The van der Waals surface area contributed by atoms with E-state index in [1.807, 2.05) is 0 Å². The van der Waals surface area contributed by atoms with Crippen molar-refractivity contribution >= 4 is 18.4 Å². The molecule has 2 aromatic rings. The van der Waals surface area contributed by atoms with Gasteiger partial charge in [-0.2, -0.15) is 36.5 Å². The minimum Gasteiger partial charge on any atom is -0.367 e. The molecule has 2 rings (SSSR count). The van der Waals surface area contributed by atoms with Crippen LogP contribution in [0.2, 0.25) is 0 Å². The first kappa shape index (κ1) is 22.9. The molecule has 0 atom stereocenters. The zero-order valence-electron chi connectivity index (χ0n) is 15.4. The fourth-order valence-corrected chi connectivity index (χ4v) is 2.19. The van der Waals surface area contributed by atoms with E-state index in [-0.39, 0.29) is 18.8 Å². The van der Waals surface area contributed by atoms with E-state index >= 15 is 0 Å². The second-order valence-corrected chi connectivity index (χ2v) is 6.00. The van der Waals surface area contributed by atoms with Crippen LogP contribution in [0.4, 0.5) is 26.3 Å². The Bertz CT molecular complexity index is 897. The summed E-state index contributed by atoms with van der Waals surface area (Å²) in [6.45, 7) is 0. The lowest BCUT2D eigenvalue weighted by Crippen LogP contribution is -2.26. The molecule has 0 radical (unpaired) electrons. The number of nitrogens with zero attached hydrogens (tertiary/aromatic N) is 3. The number of nitrogens with one attached hydrogen (secondary N) is 1. The van der Waals surface area contributed by atoms with E-state index in [1.54, 1.807) is 0 Å². The SMILES string of the molecule is NC(=N/N=C/Cc1ccc(C(F)(F)F)cc1)N/N=C/Cc1ccc(C(F)(F)F)cc1. The summed E-state index contributed by atoms with van der Waals surface area (Å²) in [5.74, 6) is -0.137. The molecule has 0 fully saturated rings. The Morgan fingerprint density at radius 1 is 0.767 bits per heavy atom. The van der Waals surface area contributed by atoms with Crippen molar-refractivity contribution in [3.05, 3.63) is 70.8 Å².